The van der Waals surface area contributed by atoms with Crippen LogP contribution in [-0.4, -0.2) is 11.8 Å². The molecule has 0 fully saturated rings. The molecule has 0 radical (unpaired) electrons. The van der Waals surface area contributed by atoms with Gasteiger partial charge in [0.25, 0.3) is 0 Å². The summed E-state index contributed by atoms with van der Waals surface area (Å²) >= 11 is 0. The second-order valence-electron chi connectivity index (χ2n) is 4.88. The van der Waals surface area contributed by atoms with E-state index >= 15 is 0 Å². The Balaban J connectivity index is 2.53. The molecule has 0 aliphatic heterocycles. The van der Waals surface area contributed by atoms with E-state index in [0.717, 1.165) is 0 Å². The minimum absolute atomic E-state index is 0.0387. The summed E-state index contributed by atoms with van der Waals surface area (Å²) in [7, 11) is 0. The quantitative estimate of drug-likeness (QED) is 0.717. The maximum Gasteiger partial charge on any atom is 0.315 e. The number of alkyl halides is 2. The maximum atomic E-state index is 14.7. The van der Waals surface area contributed by atoms with Gasteiger partial charge in [0.05, 0.1) is 0 Å². The van der Waals surface area contributed by atoms with Gasteiger partial charge in [-0.3, -0.25) is 4.99 Å². The molecule has 0 bridgehead atoms. The van der Waals surface area contributed by atoms with Crippen LogP contribution < -0.4 is 0 Å². The predicted octanol–water partition coefficient (Wildman–Crippen LogP) is 4.68. The van der Waals surface area contributed by atoms with Crippen LogP contribution in [0.25, 0.3) is 0 Å². The first kappa shape index (κ1) is 14.4. The molecule has 0 unspecified atom stereocenters. The molecular weight excluding hydrogens is 256 g/mol. The molecule has 0 saturated heterocycles. The van der Waals surface area contributed by atoms with Gasteiger partial charge in [-0.05, 0) is 13.8 Å². The number of nitrogens with zero attached hydrogens (tertiary/aromatic N) is 1. The number of hydrogen-bond donors (Lipinski definition) is 0. The van der Waals surface area contributed by atoms with Crippen LogP contribution in [0.5, 0.6) is 0 Å². The molecule has 3 heteroatoms. The van der Waals surface area contributed by atoms with Crippen molar-refractivity contribution in [2.24, 2.45) is 4.99 Å². The summed E-state index contributed by atoms with van der Waals surface area (Å²) in [6.07, 6.45) is 0. The number of rotatable bonds is 4. The topological polar surface area (TPSA) is 12.4 Å². The van der Waals surface area contributed by atoms with E-state index in [1.54, 1.807) is 62.4 Å². The zero-order valence-electron chi connectivity index (χ0n) is 11.6. The van der Waals surface area contributed by atoms with Gasteiger partial charge in [-0.1, -0.05) is 60.7 Å². The lowest BCUT2D eigenvalue weighted by Crippen LogP contribution is -2.28. The lowest BCUT2D eigenvalue weighted by Gasteiger charge is -2.20. The van der Waals surface area contributed by atoms with E-state index in [9.17, 15) is 8.78 Å². The van der Waals surface area contributed by atoms with Crippen LogP contribution >= 0.6 is 0 Å². The molecule has 20 heavy (non-hydrogen) atoms. The summed E-state index contributed by atoms with van der Waals surface area (Å²) in [6.45, 7) is 3.59. The minimum Gasteiger partial charge on any atom is -0.280 e. The Hall–Kier alpha value is -2.03. The molecule has 2 aromatic rings. The number of hydrogen-bond acceptors (Lipinski definition) is 1. The van der Waals surface area contributed by atoms with E-state index < -0.39 is 5.92 Å². The van der Waals surface area contributed by atoms with E-state index in [1.807, 2.05) is 0 Å². The van der Waals surface area contributed by atoms with Crippen LogP contribution in [-0.2, 0) is 5.92 Å². The van der Waals surface area contributed by atoms with Crippen LogP contribution in [0.15, 0.2) is 65.7 Å². The molecular formula is C17H17F2N. The molecule has 1 nitrogen and oxygen atoms in total. The van der Waals surface area contributed by atoms with E-state index in [-0.39, 0.29) is 17.3 Å². The largest absolute Gasteiger partial charge is 0.315 e. The Morgan fingerprint density at radius 3 is 1.90 bits per heavy atom. The van der Waals surface area contributed by atoms with Crippen molar-refractivity contribution in [3.63, 3.8) is 0 Å². The normalized spacial score (nSPS) is 12.8. The van der Waals surface area contributed by atoms with Crippen molar-refractivity contribution >= 4 is 5.71 Å². The standard InChI is InChI=1S/C17H17F2N/c1-13(2)20-16(14-9-5-3-6-10-14)17(18,19)15-11-7-4-8-12-15/h3-13H,1-2H3. The van der Waals surface area contributed by atoms with Crippen molar-refractivity contribution in [1.29, 1.82) is 0 Å². The lowest BCUT2D eigenvalue weighted by molar-refractivity contribution is 0.0761. The Morgan fingerprint density at radius 2 is 1.40 bits per heavy atom. The molecule has 0 aromatic heterocycles. The van der Waals surface area contributed by atoms with Crippen molar-refractivity contribution in [2.75, 3.05) is 0 Å². The molecule has 0 N–H and O–H groups in total. The molecule has 0 spiro atoms. The highest BCUT2D eigenvalue weighted by Gasteiger charge is 2.38. The van der Waals surface area contributed by atoms with Crippen LogP contribution in [0.2, 0.25) is 0 Å². The van der Waals surface area contributed by atoms with Crippen LogP contribution in [0.4, 0.5) is 8.78 Å². The predicted molar refractivity (Wildman–Crippen MR) is 78.5 cm³/mol. The Labute approximate surface area is 118 Å². The highest BCUT2D eigenvalue weighted by molar-refractivity contribution is 6.06. The smallest absolute Gasteiger partial charge is 0.280 e. The Kier molecular flexibility index (Phi) is 4.28. The van der Waals surface area contributed by atoms with Gasteiger partial charge in [-0.15, -0.1) is 0 Å². The fourth-order valence-corrected chi connectivity index (χ4v) is 1.98. The van der Waals surface area contributed by atoms with Crippen LogP contribution in [0.3, 0.4) is 0 Å². The van der Waals surface area contributed by atoms with Crippen LogP contribution in [0.1, 0.15) is 25.0 Å². The summed E-state index contributed by atoms with van der Waals surface area (Å²) in [5, 5.41) is 0. The third-order valence-corrected chi connectivity index (χ3v) is 2.87. The maximum absolute atomic E-state index is 14.7. The molecule has 0 aliphatic rings. The second kappa shape index (κ2) is 5.95. The molecule has 2 aromatic carbocycles. The summed E-state index contributed by atoms with van der Waals surface area (Å²) in [6, 6.07) is 16.2. The molecule has 0 atom stereocenters. The third-order valence-electron chi connectivity index (χ3n) is 2.87. The molecule has 0 aliphatic carbocycles. The molecule has 0 saturated carbocycles. The number of benzene rings is 2. The number of halogens is 2. The highest BCUT2D eigenvalue weighted by Crippen LogP contribution is 2.32. The van der Waals surface area contributed by atoms with Gasteiger partial charge < -0.3 is 0 Å². The molecule has 2 rings (SSSR count). The number of aliphatic imine (C=N–C) groups is 1. The third kappa shape index (κ3) is 3.10. The average Bonchev–Trinajstić information content (AvgIpc) is 2.46. The molecule has 0 heterocycles. The fourth-order valence-electron chi connectivity index (χ4n) is 1.98. The zero-order chi connectivity index (χ0) is 14.6. The van der Waals surface area contributed by atoms with Crippen molar-refractivity contribution in [3.05, 3.63) is 71.8 Å². The molecule has 0 amide bonds. The van der Waals surface area contributed by atoms with E-state index in [0.29, 0.717) is 5.56 Å². The summed E-state index contributed by atoms with van der Waals surface area (Å²) in [5.41, 5.74) is 0.234. The summed E-state index contributed by atoms with van der Waals surface area (Å²) in [5.74, 6) is -3.10. The SMILES string of the molecule is CC(C)N=C(c1ccccc1)C(F)(F)c1ccccc1. The van der Waals surface area contributed by atoms with Gasteiger partial charge in [0.2, 0.25) is 0 Å². The van der Waals surface area contributed by atoms with E-state index in [1.165, 1.54) is 12.1 Å². The van der Waals surface area contributed by atoms with Crippen molar-refractivity contribution in [1.82, 2.24) is 0 Å². The highest BCUT2D eigenvalue weighted by atomic mass is 19.3. The van der Waals surface area contributed by atoms with E-state index in [4.69, 9.17) is 0 Å². The van der Waals surface area contributed by atoms with Crippen molar-refractivity contribution < 1.29 is 8.78 Å². The summed E-state index contributed by atoms with van der Waals surface area (Å²) < 4.78 is 29.5. The Bertz CT molecular complexity index is 574. The van der Waals surface area contributed by atoms with Gasteiger partial charge in [0.1, 0.15) is 5.71 Å². The van der Waals surface area contributed by atoms with Gasteiger partial charge in [-0.25, -0.2) is 0 Å². The van der Waals surface area contributed by atoms with Crippen LogP contribution in [0, 0.1) is 0 Å². The minimum atomic E-state index is -3.10. The lowest BCUT2D eigenvalue weighted by atomic mass is 9.97. The first-order valence-electron chi connectivity index (χ1n) is 6.59. The van der Waals surface area contributed by atoms with Gasteiger partial charge >= 0.3 is 5.92 Å². The van der Waals surface area contributed by atoms with Gasteiger partial charge in [0, 0.05) is 17.2 Å². The molecule has 104 valence electrons. The second-order valence-corrected chi connectivity index (χ2v) is 4.88. The van der Waals surface area contributed by atoms with Gasteiger partial charge in [-0.2, -0.15) is 8.78 Å². The first-order chi connectivity index (χ1) is 9.51. The van der Waals surface area contributed by atoms with Crippen molar-refractivity contribution in [3.8, 4) is 0 Å². The monoisotopic (exact) mass is 273 g/mol. The summed E-state index contributed by atoms with van der Waals surface area (Å²) in [4.78, 5) is 4.16. The van der Waals surface area contributed by atoms with E-state index in [2.05, 4.69) is 4.99 Å². The zero-order valence-corrected chi connectivity index (χ0v) is 11.6. The van der Waals surface area contributed by atoms with Crippen molar-refractivity contribution in [2.45, 2.75) is 25.8 Å². The van der Waals surface area contributed by atoms with Gasteiger partial charge in [0.15, 0.2) is 0 Å². The fraction of sp³-hybridized carbons (Fsp3) is 0.235. The average molecular weight is 273 g/mol. The Morgan fingerprint density at radius 1 is 0.900 bits per heavy atom. The first-order valence-corrected chi connectivity index (χ1v) is 6.59.